The van der Waals surface area contributed by atoms with Crippen molar-refractivity contribution in [3.8, 4) is 0 Å². The number of hydrogen-bond donors (Lipinski definition) is 4. The van der Waals surface area contributed by atoms with Gasteiger partial charge in [0.2, 0.25) is 5.91 Å². The number of hydrogen-bond acceptors (Lipinski definition) is 6. The first-order valence-corrected chi connectivity index (χ1v) is 23.7. The molecule has 0 aromatic carbocycles. The number of amides is 1. The third-order valence-corrected chi connectivity index (χ3v) is 10.7. The fourth-order valence-electron chi connectivity index (χ4n) is 6.36. The Hall–Kier alpha value is -1.54. The van der Waals surface area contributed by atoms with Gasteiger partial charge in [-0.2, -0.15) is 0 Å². The summed E-state index contributed by atoms with van der Waals surface area (Å²) >= 11 is 0. The average molecular weight is 781 g/mol. The van der Waals surface area contributed by atoms with Crippen molar-refractivity contribution in [1.29, 1.82) is 0 Å². The Morgan fingerprint density at radius 1 is 0.630 bits per heavy atom. The topological polar surface area (TPSA) is 131 Å². The van der Waals surface area contributed by atoms with E-state index in [1.165, 1.54) is 96.3 Å². The summed E-state index contributed by atoms with van der Waals surface area (Å²) in [5.41, 5.74) is 5.38. The molecule has 0 aromatic heterocycles. The SMILES string of the molecule is CC/C=C\C/C=C\C/C=C\C/C=C\CCCCCCC(=O)NC(COP(=O)(O)OCCN)C(O)CCCCCCCCCCCCCCCCCCCC. The van der Waals surface area contributed by atoms with Gasteiger partial charge in [0.1, 0.15) is 0 Å². The summed E-state index contributed by atoms with van der Waals surface area (Å²) in [5.74, 6) is -0.185. The molecule has 0 heterocycles. The van der Waals surface area contributed by atoms with Crippen molar-refractivity contribution in [3.05, 3.63) is 48.6 Å². The van der Waals surface area contributed by atoms with E-state index < -0.39 is 20.0 Å². The van der Waals surface area contributed by atoms with Gasteiger partial charge in [-0.1, -0.05) is 191 Å². The maximum atomic E-state index is 12.8. The van der Waals surface area contributed by atoms with Gasteiger partial charge in [-0.3, -0.25) is 13.8 Å². The molecule has 0 radical (unpaired) electrons. The van der Waals surface area contributed by atoms with Crippen LogP contribution in [0, 0.1) is 0 Å². The largest absolute Gasteiger partial charge is 0.472 e. The Bertz CT molecular complexity index is 985. The van der Waals surface area contributed by atoms with Crippen LogP contribution in [0.3, 0.4) is 0 Å². The maximum Gasteiger partial charge on any atom is 0.472 e. The normalized spacial score (nSPS) is 14.5. The molecule has 0 saturated heterocycles. The highest BCUT2D eigenvalue weighted by atomic mass is 31.2. The molecule has 3 unspecified atom stereocenters. The third-order valence-electron chi connectivity index (χ3n) is 9.70. The van der Waals surface area contributed by atoms with E-state index in [0.717, 1.165) is 77.0 Å². The molecule has 54 heavy (non-hydrogen) atoms. The highest BCUT2D eigenvalue weighted by Gasteiger charge is 2.27. The zero-order valence-electron chi connectivity index (χ0n) is 35.0. The van der Waals surface area contributed by atoms with E-state index >= 15 is 0 Å². The van der Waals surface area contributed by atoms with Crippen molar-refractivity contribution in [2.45, 2.75) is 212 Å². The summed E-state index contributed by atoms with van der Waals surface area (Å²) in [4.78, 5) is 22.7. The van der Waals surface area contributed by atoms with Gasteiger partial charge in [0.25, 0.3) is 0 Å². The monoisotopic (exact) mass is 781 g/mol. The number of aliphatic hydroxyl groups excluding tert-OH is 1. The minimum absolute atomic E-state index is 0.0828. The summed E-state index contributed by atoms with van der Waals surface area (Å²) in [6, 6.07) is -0.789. The Kier molecular flexibility index (Phi) is 39.9. The summed E-state index contributed by atoms with van der Waals surface area (Å²) in [6.45, 7) is 4.08. The van der Waals surface area contributed by atoms with Gasteiger partial charge < -0.3 is 21.1 Å². The Balaban J connectivity index is 4.19. The lowest BCUT2D eigenvalue weighted by molar-refractivity contribution is -0.123. The number of carbonyl (C=O) groups excluding carboxylic acids is 1. The summed E-state index contributed by atoms with van der Waals surface area (Å²) in [7, 11) is -4.32. The highest BCUT2D eigenvalue weighted by molar-refractivity contribution is 7.47. The lowest BCUT2D eigenvalue weighted by Crippen LogP contribution is -2.46. The van der Waals surface area contributed by atoms with Crippen molar-refractivity contribution in [3.63, 3.8) is 0 Å². The summed E-state index contributed by atoms with van der Waals surface area (Å²) < 4.78 is 22.2. The molecule has 5 N–H and O–H groups in total. The summed E-state index contributed by atoms with van der Waals surface area (Å²) in [5, 5.41) is 13.8. The molecule has 0 rings (SSSR count). The van der Waals surface area contributed by atoms with Crippen LogP contribution in [0.25, 0.3) is 0 Å². The van der Waals surface area contributed by atoms with Crippen LogP contribution in [0.2, 0.25) is 0 Å². The number of aliphatic hydroxyl groups is 1. The van der Waals surface area contributed by atoms with E-state index in [1.807, 2.05) is 0 Å². The van der Waals surface area contributed by atoms with Crippen LogP contribution in [0.5, 0.6) is 0 Å². The van der Waals surface area contributed by atoms with E-state index in [4.69, 9.17) is 14.8 Å². The molecule has 0 aliphatic rings. The van der Waals surface area contributed by atoms with Crippen molar-refractivity contribution < 1.29 is 28.4 Å². The molecule has 3 atom stereocenters. The molecular weight excluding hydrogens is 695 g/mol. The van der Waals surface area contributed by atoms with Crippen molar-refractivity contribution in [2.24, 2.45) is 5.73 Å². The van der Waals surface area contributed by atoms with Gasteiger partial charge >= 0.3 is 7.82 Å². The highest BCUT2D eigenvalue weighted by Crippen LogP contribution is 2.43. The maximum absolute atomic E-state index is 12.8. The predicted octanol–water partition coefficient (Wildman–Crippen LogP) is 12.5. The van der Waals surface area contributed by atoms with E-state index in [2.05, 4.69) is 67.8 Å². The molecule has 8 nitrogen and oxygen atoms in total. The minimum Gasteiger partial charge on any atom is -0.391 e. The summed E-state index contributed by atoms with van der Waals surface area (Å²) in [6.07, 6.45) is 49.7. The quantitative estimate of drug-likeness (QED) is 0.0276. The van der Waals surface area contributed by atoms with E-state index in [9.17, 15) is 19.4 Å². The molecule has 0 aliphatic heterocycles. The molecule has 0 aromatic rings. The van der Waals surface area contributed by atoms with Crippen LogP contribution in [0.4, 0.5) is 0 Å². The van der Waals surface area contributed by atoms with E-state index in [1.54, 1.807) is 0 Å². The first kappa shape index (κ1) is 52.5. The van der Waals surface area contributed by atoms with E-state index in [0.29, 0.717) is 12.8 Å². The third kappa shape index (κ3) is 38.7. The minimum atomic E-state index is -4.32. The number of phosphoric ester groups is 1. The standard InChI is InChI=1S/C45H85N2O6P/c1-3-5-7-9-11-13-15-17-19-21-23-24-26-28-30-32-34-36-38-44(48)43(42-53-54(50,51)52-41-40-46)47-45(49)39-37-35-33-31-29-27-25-22-20-18-16-14-12-10-8-6-4-2/h6,8,12,14,18,20,25,27,43-44,48H,3-5,7,9-11,13,15-17,19,21-24,26,28-42,46H2,1-2H3,(H,47,49)(H,50,51)/b8-6-,14-12-,20-18-,27-25-. The number of phosphoric acid groups is 1. The molecule has 1 amide bonds. The number of carbonyl (C=O) groups is 1. The fraction of sp³-hybridized carbons (Fsp3) is 0.800. The molecule has 316 valence electrons. The van der Waals surface area contributed by atoms with Gasteiger partial charge in [-0.25, -0.2) is 4.57 Å². The number of nitrogens with two attached hydrogens (primary N) is 1. The second-order valence-electron chi connectivity index (χ2n) is 14.9. The van der Waals surface area contributed by atoms with E-state index in [-0.39, 0.29) is 25.7 Å². The van der Waals surface area contributed by atoms with Gasteiger partial charge in [0.15, 0.2) is 0 Å². The second-order valence-corrected chi connectivity index (χ2v) is 16.3. The number of allylic oxidation sites excluding steroid dienone is 8. The number of nitrogens with one attached hydrogen (secondary N) is 1. The smallest absolute Gasteiger partial charge is 0.391 e. The molecule has 0 saturated carbocycles. The van der Waals surface area contributed by atoms with Crippen molar-refractivity contribution in [2.75, 3.05) is 19.8 Å². The zero-order chi connectivity index (χ0) is 39.6. The molecule has 0 spiro atoms. The second kappa shape index (κ2) is 41.1. The van der Waals surface area contributed by atoms with Crippen LogP contribution >= 0.6 is 7.82 Å². The van der Waals surface area contributed by atoms with Crippen LogP contribution in [0.15, 0.2) is 48.6 Å². The molecule has 9 heteroatoms. The Morgan fingerprint density at radius 3 is 1.57 bits per heavy atom. The van der Waals surface area contributed by atoms with Gasteiger partial charge in [-0.15, -0.1) is 0 Å². The molecular formula is C45H85N2O6P. The van der Waals surface area contributed by atoms with Crippen LogP contribution in [-0.2, 0) is 18.4 Å². The Morgan fingerprint density at radius 2 is 1.07 bits per heavy atom. The van der Waals surface area contributed by atoms with Crippen molar-refractivity contribution in [1.82, 2.24) is 5.32 Å². The average Bonchev–Trinajstić information content (AvgIpc) is 3.16. The van der Waals surface area contributed by atoms with Crippen LogP contribution in [-0.4, -0.2) is 47.8 Å². The molecule has 0 fully saturated rings. The lowest BCUT2D eigenvalue weighted by atomic mass is 10.0. The molecule has 0 bridgehead atoms. The fourth-order valence-corrected chi connectivity index (χ4v) is 7.12. The number of unbranched alkanes of at least 4 members (excludes halogenated alkanes) is 21. The van der Waals surface area contributed by atoms with Gasteiger partial charge in [0.05, 0.1) is 25.4 Å². The molecule has 0 aliphatic carbocycles. The first-order valence-electron chi connectivity index (χ1n) is 22.3. The van der Waals surface area contributed by atoms with Crippen LogP contribution in [0.1, 0.15) is 200 Å². The number of rotatable bonds is 41. The van der Waals surface area contributed by atoms with Crippen molar-refractivity contribution >= 4 is 13.7 Å². The lowest BCUT2D eigenvalue weighted by Gasteiger charge is -2.25. The van der Waals surface area contributed by atoms with Gasteiger partial charge in [-0.05, 0) is 51.4 Å². The zero-order valence-corrected chi connectivity index (χ0v) is 35.8. The van der Waals surface area contributed by atoms with Crippen LogP contribution < -0.4 is 11.1 Å². The van der Waals surface area contributed by atoms with Gasteiger partial charge in [0, 0.05) is 13.0 Å². The predicted molar refractivity (Wildman–Crippen MR) is 231 cm³/mol. The first-order chi connectivity index (χ1) is 26.4. The Labute approximate surface area is 332 Å².